The Morgan fingerprint density at radius 3 is 3.07 bits per heavy atom. The van der Waals surface area contributed by atoms with Gasteiger partial charge in [0.1, 0.15) is 5.69 Å². The SMILES string of the molecule is COC(=O)c1cccc(C=CCCO)n1. The van der Waals surface area contributed by atoms with Gasteiger partial charge >= 0.3 is 5.97 Å². The zero-order valence-corrected chi connectivity index (χ0v) is 8.51. The molecule has 0 fully saturated rings. The lowest BCUT2D eigenvalue weighted by atomic mass is 10.2. The Morgan fingerprint density at radius 1 is 1.60 bits per heavy atom. The number of pyridine rings is 1. The van der Waals surface area contributed by atoms with Gasteiger partial charge in [-0.3, -0.25) is 0 Å². The molecule has 0 amide bonds. The second-order valence-corrected chi connectivity index (χ2v) is 2.85. The summed E-state index contributed by atoms with van der Waals surface area (Å²) in [5.74, 6) is -0.451. The fourth-order valence-electron chi connectivity index (χ4n) is 1.04. The molecule has 80 valence electrons. The normalized spacial score (nSPS) is 10.5. The second kappa shape index (κ2) is 5.93. The van der Waals surface area contributed by atoms with E-state index in [4.69, 9.17) is 5.11 Å². The molecule has 1 aromatic heterocycles. The van der Waals surface area contributed by atoms with Gasteiger partial charge in [0.15, 0.2) is 0 Å². The highest BCUT2D eigenvalue weighted by Crippen LogP contribution is 2.03. The number of carbonyl (C=O) groups excluding carboxylic acids is 1. The summed E-state index contributed by atoms with van der Waals surface area (Å²) in [7, 11) is 1.32. The predicted molar refractivity (Wildman–Crippen MR) is 56.3 cm³/mol. The van der Waals surface area contributed by atoms with Crippen LogP contribution in [0.15, 0.2) is 24.3 Å². The molecule has 0 radical (unpaired) electrons. The first kappa shape index (κ1) is 11.4. The number of rotatable bonds is 4. The van der Waals surface area contributed by atoms with Crippen molar-refractivity contribution in [3.05, 3.63) is 35.7 Å². The molecule has 0 aliphatic heterocycles. The van der Waals surface area contributed by atoms with Crippen molar-refractivity contribution < 1.29 is 14.6 Å². The van der Waals surface area contributed by atoms with Crippen molar-refractivity contribution in [3.63, 3.8) is 0 Å². The predicted octanol–water partition coefficient (Wildman–Crippen LogP) is 1.26. The van der Waals surface area contributed by atoms with Gasteiger partial charge in [-0.1, -0.05) is 12.1 Å². The molecule has 0 aliphatic carbocycles. The van der Waals surface area contributed by atoms with Crippen molar-refractivity contribution in [1.29, 1.82) is 0 Å². The molecule has 1 rings (SSSR count). The third kappa shape index (κ3) is 3.52. The molecule has 4 nitrogen and oxygen atoms in total. The van der Waals surface area contributed by atoms with Crippen molar-refractivity contribution in [2.24, 2.45) is 0 Å². The Hall–Kier alpha value is -1.68. The molecular formula is C11H13NO3. The van der Waals surface area contributed by atoms with Crippen LogP contribution in [-0.4, -0.2) is 29.8 Å². The minimum atomic E-state index is -0.451. The molecule has 0 spiro atoms. The van der Waals surface area contributed by atoms with Crippen molar-refractivity contribution in [3.8, 4) is 0 Å². The van der Waals surface area contributed by atoms with Gasteiger partial charge in [-0.15, -0.1) is 0 Å². The van der Waals surface area contributed by atoms with Crippen molar-refractivity contribution in [2.45, 2.75) is 6.42 Å². The Labute approximate surface area is 88.2 Å². The van der Waals surface area contributed by atoms with E-state index in [1.54, 1.807) is 30.4 Å². The van der Waals surface area contributed by atoms with E-state index in [0.717, 1.165) is 0 Å². The number of aromatic nitrogens is 1. The standard InChI is InChI=1S/C11H13NO3/c1-15-11(14)10-7-4-6-9(12-10)5-2-3-8-13/h2,4-7,13H,3,8H2,1H3. The average Bonchev–Trinajstić information content (AvgIpc) is 2.29. The monoisotopic (exact) mass is 207 g/mol. The number of methoxy groups -OCH3 is 1. The van der Waals surface area contributed by atoms with Crippen LogP contribution in [0, 0.1) is 0 Å². The van der Waals surface area contributed by atoms with Gasteiger partial charge in [-0.25, -0.2) is 9.78 Å². The smallest absolute Gasteiger partial charge is 0.356 e. The number of nitrogens with zero attached hydrogens (tertiary/aromatic N) is 1. The van der Waals surface area contributed by atoms with Gasteiger partial charge in [0, 0.05) is 6.61 Å². The number of aliphatic hydroxyl groups excluding tert-OH is 1. The molecule has 4 heteroatoms. The minimum Gasteiger partial charge on any atom is -0.464 e. The summed E-state index contributed by atoms with van der Waals surface area (Å²) in [6.07, 6.45) is 4.12. The maximum atomic E-state index is 11.1. The lowest BCUT2D eigenvalue weighted by Gasteiger charge is -1.98. The number of carbonyl (C=O) groups is 1. The zero-order chi connectivity index (χ0) is 11.1. The van der Waals surface area contributed by atoms with Gasteiger partial charge in [0.25, 0.3) is 0 Å². The molecule has 0 saturated carbocycles. The van der Waals surface area contributed by atoms with E-state index in [2.05, 4.69) is 9.72 Å². The Morgan fingerprint density at radius 2 is 2.40 bits per heavy atom. The van der Waals surface area contributed by atoms with Gasteiger partial charge in [0.05, 0.1) is 12.8 Å². The van der Waals surface area contributed by atoms with E-state index in [-0.39, 0.29) is 12.3 Å². The van der Waals surface area contributed by atoms with Crippen molar-refractivity contribution in [2.75, 3.05) is 13.7 Å². The minimum absolute atomic E-state index is 0.104. The first-order chi connectivity index (χ1) is 7.27. The largest absolute Gasteiger partial charge is 0.464 e. The Kier molecular flexibility index (Phi) is 4.50. The number of hydrogen-bond acceptors (Lipinski definition) is 4. The van der Waals surface area contributed by atoms with Crippen molar-refractivity contribution >= 4 is 12.0 Å². The number of esters is 1. The molecule has 0 aliphatic rings. The van der Waals surface area contributed by atoms with Gasteiger partial charge < -0.3 is 9.84 Å². The molecule has 0 atom stereocenters. The zero-order valence-electron chi connectivity index (χ0n) is 8.51. The van der Waals surface area contributed by atoms with Crippen LogP contribution in [0.4, 0.5) is 0 Å². The van der Waals surface area contributed by atoms with Crippen LogP contribution in [0.2, 0.25) is 0 Å². The molecule has 0 aromatic carbocycles. The molecule has 0 unspecified atom stereocenters. The van der Waals surface area contributed by atoms with E-state index in [9.17, 15) is 4.79 Å². The topological polar surface area (TPSA) is 59.4 Å². The van der Waals surface area contributed by atoms with E-state index >= 15 is 0 Å². The van der Waals surface area contributed by atoms with Crippen LogP contribution in [0.3, 0.4) is 0 Å². The van der Waals surface area contributed by atoms with Crippen LogP contribution < -0.4 is 0 Å². The highest BCUT2D eigenvalue weighted by molar-refractivity contribution is 5.87. The molecule has 1 aromatic rings. The molecule has 1 N–H and O–H groups in total. The number of ether oxygens (including phenoxy) is 1. The van der Waals surface area contributed by atoms with E-state index in [1.165, 1.54) is 7.11 Å². The molecule has 15 heavy (non-hydrogen) atoms. The summed E-state index contributed by atoms with van der Waals surface area (Å²) in [4.78, 5) is 15.2. The van der Waals surface area contributed by atoms with E-state index in [1.807, 2.05) is 0 Å². The maximum absolute atomic E-state index is 11.1. The summed E-state index contributed by atoms with van der Waals surface area (Å²) >= 11 is 0. The number of hydrogen-bond donors (Lipinski definition) is 1. The lowest BCUT2D eigenvalue weighted by Crippen LogP contribution is -2.04. The first-order valence-corrected chi connectivity index (χ1v) is 4.60. The Bertz CT molecular complexity index is 361. The highest BCUT2D eigenvalue weighted by atomic mass is 16.5. The van der Waals surface area contributed by atoms with Gasteiger partial charge in [-0.2, -0.15) is 0 Å². The molecule has 1 heterocycles. The lowest BCUT2D eigenvalue weighted by molar-refractivity contribution is 0.0594. The van der Waals surface area contributed by atoms with E-state index < -0.39 is 5.97 Å². The molecule has 0 saturated heterocycles. The van der Waals surface area contributed by atoms with Crippen LogP contribution in [0.1, 0.15) is 22.6 Å². The molecule has 0 bridgehead atoms. The fraction of sp³-hybridized carbons (Fsp3) is 0.273. The first-order valence-electron chi connectivity index (χ1n) is 4.60. The van der Waals surface area contributed by atoms with Crippen LogP contribution in [0.25, 0.3) is 6.08 Å². The fourth-order valence-corrected chi connectivity index (χ4v) is 1.04. The average molecular weight is 207 g/mol. The van der Waals surface area contributed by atoms with Gasteiger partial charge in [0.2, 0.25) is 0 Å². The van der Waals surface area contributed by atoms with Crippen LogP contribution in [0.5, 0.6) is 0 Å². The quantitative estimate of drug-likeness (QED) is 0.755. The summed E-state index contributed by atoms with van der Waals surface area (Å²) in [6.45, 7) is 0.104. The van der Waals surface area contributed by atoms with Crippen LogP contribution >= 0.6 is 0 Å². The van der Waals surface area contributed by atoms with Crippen LogP contribution in [-0.2, 0) is 4.74 Å². The highest BCUT2D eigenvalue weighted by Gasteiger charge is 2.05. The third-order valence-electron chi connectivity index (χ3n) is 1.75. The number of aliphatic hydroxyl groups is 1. The summed E-state index contributed by atoms with van der Waals surface area (Å²) < 4.78 is 4.55. The second-order valence-electron chi connectivity index (χ2n) is 2.85. The van der Waals surface area contributed by atoms with Gasteiger partial charge in [-0.05, 0) is 24.6 Å². The third-order valence-corrected chi connectivity index (χ3v) is 1.75. The maximum Gasteiger partial charge on any atom is 0.356 e. The van der Waals surface area contributed by atoms with E-state index in [0.29, 0.717) is 12.1 Å². The summed E-state index contributed by atoms with van der Waals surface area (Å²) in [5, 5.41) is 8.58. The van der Waals surface area contributed by atoms with Crippen molar-refractivity contribution in [1.82, 2.24) is 4.98 Å². The summed E-state index contributed by atoms with van der Waals surface area (Å²) in [5.41, 5.74) is 0.954. The summed E-state index contributed by atoms with van der Waals surface area (Å²) in [6, 6.07) is 5.10. The molecular weight excluding hydrogens is 194 g/mol. The Balaban J connectivity index is 2.78.